The van der Waals surface area contributed by atoms with Crippen LogP contribution in [0.4, 0.5) is 10.1 Å². The molecule has 7 nitrogen and oxygen atoms in total. The molecule has 2 aromatic carbocycles. The Hall–Kier alpha value is -3.42. The molecule has 1 amide bonds. The van der Waals surface area contributed by atoms with Crippen LogP contribution < -0.4 is 14.4 Å². The number of hydrogen-bond acceptors (Lipinski definition) is 6. The Morgan fingerprint density at radius 2 is 1.86 bits per heavy atom. The second kappa shape index (κ2) is 7.54. The number of nitrogens with zero attached hydrogens (tertiary/aromatic N) is 3. The largest absolute Gasteiger partial charge is 0.497 e. The quantitative estimate of drug-likeness (QED) is 0.653. The molecule has 2 heterocycles. The van der Waals surface area contributed by atoms with E-state index in [0.717, 1.165) is 0 Å². The molecular weight excluding hydrogens is 377 g/mol. The first-order valence-corrected chi connectivity index (χ1v) is 9.12. The van der Waals surface area contributed by atoms with Gasteiger partial charge in [-0.15, -0.1) is 0 Å². The van der Waals surface area contributed by atoms with Crippen LogP contribution in [0.25, 0.3) is 11.5 Å². The van der Waals surface area contributed by atoms with E-state index < -0.39 is 0 Å². The second-order valence-corrected chi connectivity index (χ2v) is 6.90. The highest BCUT2D eigenvalue weighted by Gasteiger charge is 2.35. The van der Waals surface area contributed by atoms with Crippen molar-refractivity contribution in [3.63, 3.8) is 0 Å². The molecule has 1 saturated heterocycles. The molecule has 4 rings (SSSR count). The van der Waals surface area contributed by atoms with Crippen molar-refractivity contribution in [2.45, 2.75) is 19.3 Å². The molecule has 1 aromatic heterocycles. The van der Waals surface area contributed by atoms with E-state index in [9.17, 15) is 9.18 Å². The minimum absolute atomic E-state index is 0.0598. The standard InChI is InChI=1S/C21H20FN3O4/c1-12-6-15(4-5-18(12)22)25-11-14(9-19(25)26)20-23-21(29-24-20)13-7-16(27-2)10-17(8-13)28-3/h4-8,10,14H,9,11H2,1-3H3. The van der Waals surface area contributed by atoms with Gasteiger partial charge in [-0.1, -0.05) is 5.16 Å². The Kier molecular flexibility index (Phi) is 4.92. The van der Waals surface area contributed by atoms with Crippen molar-refractivity contribution in [2.24, 2.45) is 0 Å². The summed E-state index contributed by atoms with van der Waals surface area (Å²) < 4.78 is 29.5. The average molecular weight is 397 g/mol. The number of carbonyl (C=O) groups is 1. The number of rotatable bonds is 5. The lowest BCUT2D eigenvalue weighted by Gasteiger charge is -2.16. The molecule has 29 heavy (non-hydrogen) atoms. The van der Waals surface area contributed by atoms with Gasteiger partial charge in [0.1, 0.15) is 17.3 Å². The van der Waals surface area contributed by atoms with Crippen molar-refractivity contribution in [1.82, 2.24) is 10.1 Å². The van der Waals surface area contributed by atoms with Gasteiger partial charge in [-0.05, 0) is 42.8 Å². The fraction of sp³-hybridized carbons (Fsp3) is 0.286. The Labute approximate surface area is 167 Å². The van der Waals surface area contributed by atoms with Gasteiger partial charge in [0, 0.05) is 36.2 Å². The van der Waals surface area contributed by atoms with E-state index in [1.165, 1.54) is 6.07 Å². The SMILES string of the molecule is COc1cc(OC)cc(-c2nc(C3CC(=O)N(c4ccc(F)c(C)c4)C3)no2)c1. The van der Waals surface area contributed by atoms with Crippen LogP contribution in [0.3, 0.4) is 0 Å². The average Bonchev–Trinajstić information content (AvgIpc) is 3.36. The Morgan fingerprint density at radius 1 is 1.14 bits per heavy atom. The third-order valence-electron chi connectivity index (χ3n) is 4.98. The van der Waals surface area contributed by atoms with E-state index in [1.807, 2.05) is 0 Å². The number of carbonyl (C=O) groups excluding carboxylic acids is 1. The van der Waals surface area contributed by atoms with E-state index in [4.69, 9.17) is 14.0 Å². The number of ether oxygens (including phenoxy) is 2. The summed E-state index contributed by atoms with van der Waals surface area (Å²) in [5.41, 5.74) is 1.82. The van der Waals surface area contributed by atoms with Crippen LogP contribution in [0.2, 0.25) is 0 Å². The van der Waals surface area contributed by atoms with Crippen molar-refractivity contribution < 1.29 is 23.2 Å². The van der Waals surface area contributed by atoms with Crippen LogP contribution in [-0.4, -0.2) is 36.8 Å². The Balaban J connectivity index is 1.57. The molecule has 1 aliphatic rings. The first-order valence-electron chi connectivity index (χ1n) is 9.12. The Bertz CT molecular complexity index is 1040. The molecule has 150 valence electrons. The number of anilines is 1. The maximum Gasteiger partial charge on any atom is 0.258 e. The Morgan fingerprint density at radius 3 is 2.52 bits per heavy atom. The summed E-state index contributed by atoms with van der Waals surface area (Å²) in [5.74, 6) is 1.42. The molecule has 0 spiro atoms. The molecule has 0 aliphatic carbocycles. The summed E-state index contributed by atoms with van der Waals surface area (Å²) in [6.45, 7) is 2.08. The fourth-order valence-corrected chi connectivity index (χ4v) is 3.38. The monoisotopic (exact) mass is 397 g/mol. The zero-order valence-electron chi connectivity index (χ0n) is 16.3. The molecular formula is C21H20FN3O4. The topological polar surface area (TPSA) is 77.7 Å². The van der Waals surface area contributed by atoms with Gasteiger partial charge in [-0.25, -0.2) is 4.39 Å². The summed E-state index contributed by atoms with van der Waals surface area (Å²) >= 11 is 0. The zero-order chi connectivity index (χ0) is 20.5. The molecule has 3 aromatic rings. The molecule has 0 saturated carbocycles. The van der Waals surface area contributed by atoms with E-state index in [0.29, 0.717) is 46.6 Å². The van der Waals surface area contributed by atoms with Gasteiger partial charge in [-0.2, -0.15) is 4.98 Å². The minimum Gasteiger partial charge on any atom is -0.497 e. The summed E-state index contributed by atoms with van der Waals surface area (Å²) in [6, 6.07) is 9.93. The second-order valence-electron chi connectivity index (χ2n) is 6.90. The van der Waals surface area contributed by atoms with Crippen LogP contribution in [0.15, 0.2) is 40.9 Å². The van der Waals surface area contributed by atoms with Gasteiger partial charge in [0.15, 0.2) is 5.82 Å². The summed E-state index contributed by atoms with van der Waals surface area (Å²) in [6.07, 6.45) is 0.261. The van der Waals surface area contributed by atoms with Gasteiger partial charge in [0.05, 0.1) is 14.2 Å². The highest BCUT2D eigenvalue weighted by atomic mass is 19.1. The van der Waals surface area contributed by atoms with Crippen LogP contribution in [0.5, 0.6) is 11.5 Å². The number of amides is 1. The molecule has 1 aliphatic heterocycles. The van der Waals surface area contributed by atoms with Crippen molar-refractivity contribution >= 4 is 11.6 Å². The first kappa shape index (κ1) is 18.9. The molecule has 1 unspecified atom stereocenters. The lowest BCUT2D eigenvalue weighted by atomic mass is 10.1. The first-order chi connectivity index (χ1) is 14.0. The van der Waals surface area contributed by atoms with Gasteiger partial charge in [0.25, 0.3) is 5.89 Å². The third-order valence-corrected chi connectivity index (χ3v) is 4.98. The molecule has 1 fully saturated rings. The number of aromatic nitrogens is 2. The van der Waals surface area contributed by atoms with Crippen molar-refractivity contribution in [2.75, 3.05) is 25.7 Å². The smallest absolute Gasteiger partial charge is 0.258 e. The van der Waals surface area contributed by atoms with Gasteiger partial charge >= 0.3 is 0 Å². The lowest BCUT2D eigenvalue weighted by molar-refractivity contribution is -0.117. The summed E-state index contributed by atoms with van der Waals surface area (Å²) in [4.78, 5) is 18.6. The zero-order valence-corrected chi connectivity index (χ0v) is 16.3. The van der Waals surface area contributed by atoms with Gasteiger partial charge < -0.3 is 18.9 Å². The minimum atomic E-state index is -0.298. The number of benzene rings is 2. The molecule has 8 heteroatoms. The van der Waals surface area contributed by atoms with E-state index in [2.05, 4.69) is 10.1 Å². The summed E-state index contributed by atoms with van der Waals surface area (Å²) in [5, 5.41) is 4.07. The normalized spacial score (nSPS) is 16.3. The van der Waals surface area contributed by atoms with Crippen LogP contribution in [0.1, 0.15) is 23.7 Å². The molecule has 0 N–H and O–H groups in total. The predicted octanol–water partition coefficient (Wildman–Crippen LogP) is 3.72. The maximum atomic E-state index is 13.5. The van der Waals surface area contributed by atoms with Gasteiger partial charge in [-0.3, -0.25) is 4.79 Å². The van der Waals surface area contributed by atoms with Crippen LogP contribution in [0, 0.1) is 12.7 Å². The number of methoxy groups -OCH3 is 2. The fourth-order valence-electron chi connectivity index (χ4n) is 3.38. The van der Waals surface area contributed by atoms with Crippen molar-refractivity contribution in [3.05, 3.63) is 53.6 Å². The highest BCUT2D eigenvalue weighted by Crippen LogP contribution is 2.33. The van der Waals surface area contributed by atoms with Gasteiger partial charge in [0.2, 0.25) is 5.91 Å². The van der Waals surface area contributed by atoms with E-state index >= 15 is 0 Å². The predicted molar refractivity (Wildman–Crippen MR) is 104 cm³/mol. The number of aryl methyl sites for hydroxylation is 1. The van der Waals surface area contributed by atoms with Crippen LogP contribution >= 0.6 is 0 Å². The summed E-state index contributed by atoms with van der Waals surface area (Å²) in [7, 11) is 3.13. The molecule has 0 bridgehead atoms. The molecule has 0 radical (unpaired) electrons. The van der Waals surface area contributed by atoms with Crippen molar-refractivity contribution in [1.29, 1.82) is 0 Å². The van der Waals surface area contributed by atoms with E-state index in [1.54, 1.807) is 56.4 Å². The van der Waals surface area contributed by atoms with E-state index in [-0.39, 0.29) is 24.1 Å². The maximum absolute atomic E-state index is 13.5. The molecule has 1 atom stereocenters. The lowest BCUT2D eigenvalue weighted by Crippen LogP contribution is -2.24. The van der Waals surface area contributed by atoms with Crippen molar-refractivity contribution in [3.8, 4) is 23.0 Å². The van der Waals surface area contributed by atoms with Crippen LogP contribution in [-0.2, 0) is 4.79 Å². The highest BCUT2D eigenvalue weighted by molar-refractivity contribution is 5.96. The number of halogens is 1. The number of hydrogen-bond donors (Lipinski definition) is 0. The third kappa shape index (κ3) is 3.65.